The highest BCUT2D eigenvalue weighted by Gasteiger charge is 2.08. The van der Waals surface area contributed by atoms with Crippen molar-refractivity contribution in [3.05, 3.63) is 45.3 Å². The fourth-order valence-electron chi connectivity index (χ4n) is 1.51. The van der Waals surface area contributed by atoms with Crippen LogP contribution in [0.25, 0.3) is 0 Å². The lowest BCUT2D eigenvalue weighted by atomic mass is 10.2. The summed E-state index contributed by atoms with van der Waals surface area (Å²) in [6.07, 6.45) is 3.23. The molecular weight excluding hydrogens is 286 g/mol. The summed E-state index contributed by atoms with van der Waals surface area (Å²) >= 11 is 3.29. The Morgan fingerprint density at radius 2 is 2.35 bits per heavy atom. The second-order valence-electron chi connectivity index (χ2n) is 3.54. The average molecular weight is 298 g/mol. The molecule has 0 atom stereocenters. The quantitative estimate of drug-likeness (QED) is 0.879. The molecule has 0 saturated carbocycles. The molecule has 2 heterocycles. The van der Waals surface area contributed by atoms with E-state index in [1.807, 2.05) is 24.0 Å². The fraction of sp³-hybridized carbons (Fsp3) is 0.273. The Balaban J connectivity index is 2.15. The van der Waals surface area contributed by atoms with E-state index in [1.165, 1.54) is 6.26 Å². The van der Waals surface area contributed by atoms with E-state index < -0.39 is 5.76 Å². The molecule has 0 radical (unpaired) electrons. The third kappa shape index (κ3) is 2.97. The molecule has 0 unspecified atom stereocenters. The van der Waals surface area contributed by atoms with E-state index in [1.54, 1.807) is 6.20 Å². The number of halogens is 1. The molecule has 5 nitrogen and oxygen atoms in total. The molecule has 90 valence electrons. The van der Waals surface area contributed by atoms with E-state index in [4.69, 9.17) is 4.42 Å². The molecule has 17 heavy (non-hydrogen) atoms. The van der Waals surface area contributed by atoms with E-state index in [-0.39, 0.29) is 0 Å². The topological polar surface area (TPSA) is 62.1 Å². The predicted octanol–water partition coefficient (Wildman–Crippen LogP) is 2.15. The summed E-state index contributed by atoms with van der Waals surface area (Å²) in [7, 11) is 0. The zero-order valence-corrected chi connectivity index (χ0v) is 10.9. The number of rotatable bonds is 4. The zero-order valence-electron chi connectivity index (χ0n) is 9.31. The van der Waals surface area contributed by atoms with Crippen molar-refractivity contribution < 1.29 is 4.42 Å². The summed E-state index contributed by atoms with van der Waals surface area (Å²) in [5.41, 5.74) is 1.07. The van der Waals surface area contributed by atoms with Gasteiger partial charge in [-0.05, 0) is 34.5 Å². The summed E-state index contributed by atoms with van der Waals surface area (Å²) in [6.45, 7) is 3.45. The van der Waals surface area contributed by atoms with Gasteiger partial charge in [0.1, 0.15) is 16.7 Å². The van der Waals surface area contributed by atoms with Crippen molar-refractivity contribution in [2.75, 3.05) is 11.4 Å². The normalized spacial score (nSPS) is 10.5. The second-order valence-corrected chi connectivity index (χ2v) is 4.35. The highest BCUT2D eigenvalue weighted by atomic mass is 79.9. The van der Waals surface area contributed by atoms with Crippen LogP contribution >= 0.6 is 15.9 Å². The monoisotopic (exact) mass is 297 g/mol. The average Bonchev–Trinajstić information content (AvgIpc) is 2.75. The molecule has 0 amide bonds. The molecule has 0 saturated heterocycles. The largest absolute Gasteiger partial charge is 0.417 e. The molecule has 2 rings (SSSR count). The molecule has 0 spiro atoms. The van der Waals surface area contributed by atoms with Gasteiger partial charge in [-0.15, -0.1) is 0 Å². The predicted molar refractivity (Wildman–Crippen MR) is 68.0 cm³/mol. The van der Waals surface area contributed by atoms with Gasteiger partial charge >= 0.3 is 5.76 Å². The number of hydrogen-bond donors (Lipinski definition) is 1. The fourth-order valence-corrected chi connectivity index (χ4v) is 1.75. The highest BCUT2D eigenvalue weighted by molar-refractivity contribution is 9.10. The molecule has 6 heteroatoms. The van der Waals surface area contributed by atoms with Crippen LogP contribution in [0.5, 0.6) is 0 Å². The van der Waals surface area contributed by atoms with Gasteiger partial charge in [-0.3, -0.25) is 4.98 Å². The van der Waals surface area contributed by atoms with Crippen LogP contribution in [0.4, 0.5) is 5.82 Å². The Bertz CT molecular complexity index is 532. The number of aromatic nitrogens is 2. The first-order valence-electron chi connectivity index (χ1n) is 5.22. The van der Waals surface area contributed by atoms with Gasteiger partial charge in [0.15, 0.2) is 0 Å². The number of oxazole rings is 1. The molecule has 2 aromatic heterocycles. The minimum atomic E-state index is -0.438. The van der Waals surface area contributed by atoms with Crippen LogP contribution in [0, 0.1) is 0 Å². The van der Waals surface area contributed by atoms with Gasteiger partial charge < -0.3 is 9.32 Å². The molecule has 0 aliphatic heterocycles. The van der Waals surface area contributed by atoms with E-state index >= 15 is 0 Å². The third-order valence-electron chi connectivity index (χ3n) is 2.39. The first-order chi connectivity index (χ1) is 8.19. The van der Waals surface area contributed by atoms with E-state index in [0.717, 1.165) is 16.7 Å². The lowest BCUT2D eigenvalue weighted by Gasteiger charge is -2.19. The van der Waals surface area contributed by atoms with Gasteiger partial charge in [0.05, 0.1) is 0 Å². The number of aromatic amines is 1. The number of anilines is 1. The maximum atomic E-state index is 10.9. The van der Waals surface area contributed by atoms with Crippen LogP contribution in [-0.4, -0.2) is 16.5 Å². The minimum absolute atomic E-state index is 0.438. The molecule has 0 aliphatic rings. The van der Waals surface area contributed by atoms with Crippen molar-refractivity contribution in [3.8, 4) is 0 Å². The van der Waals surface area contributed by atoms with Crippen molar-refractivity contribution >= 4 is 21.7 Å². The smallest absolute Gasteiger partial charge is 0.414 e. The van der Waals surface area contributed by atoms with Gasteiger partial charge in [0.2, 0.25) is 0 Å². The summed E-state index contributed by atoms with van der Waals surface area (Å²) in [4.78, 5) is 19.7. The minimum Gasteiger partial charge on any atom is -0.414 e. The molecule has 0 fully saturated rings. The summed E-state index contributed by atoms with van der Waals surface area (Å²) in [6, 6.07) is 3.87. The Hall–Kier alpha value is -1.56. The van der Waals surface area contributed by atoms with Crippen molar-refractivity contribution in [2.45, 2.75) is 13.5 Å². The zero-order chi connectivity index (χ0) is 12.3. The third-order valence-corrected chi connectivity index (χ3v) is 2.86. The second kappa shape index (κ2) is 5.18. The number of nitrogens with zero attached hydrogens (tertiary/aromatic N) is 2. The summed E-state index contributed by atoms with van der Waals surface area (Å²) in [5, 5.41) is 0. The molecular formula is C11H12BrN3O2. The van der Waals surface area contributed by atoms with Gasteiger partial charge in [0.25, 0.3) is 0 Å². The van der Waals surface area contributed by atoms with Crippen LogP contribution in [0.15, 0.2) is 38.4 Å². The first kappa shape index (κ1) is 11.9. The van der Waals surface area contributed by atoms with E-state index in [2.05, 4.69) is 25.9 Å². The van der Waals surface area contributed by atoms with Crippen molar-refractivity contribution in [2.24, 2.45) is 0 Å². The number of H-pyrrole nitrogens is 1. The Kier molecular flexibility index (Phi) is 3.63. The van der Waals surface area contributed by atoms with Crippen LogP contribution in [0.2, 0.25) is 0 Å². The van der Waals surface area contributed by atoms with Gasteiger partial charge in [-0.25, -0.2) is 9.78 Å². The summed E-state index contributed by atoms with van der Waals surface area (Å²) in [5.74, 6) is 0.243. The van der Waals surface area contributed by atoms with Crippen molar-refractivity contribution in [1.82, 2.24) is 9.97 Å². The van der Waals surface area contributed by atoms with Gasteiger partial charge in [-0.2, -0.15) is 0 Å². The Morgan fingerprint density at radius 1 is 1.53 bits per heavy atom. The molecule has 0 aliphatic carbocycles. The Morgan fingerprint density at radius 3 is 2.88 bits per heavy atom. The molecule has 0 bridgehead atoms. The first-order valence-corrected chi connectivity index (χ1v) is 6.01. The molecule has 0 aromatic carbocycles. The summed E-state index contributed by atoms with van der Waals surface area (Å²) < 4.78 is 5.53. The van der Waals surface area contributed by atoms with Crippen LogP contribution in [-0.2, 0) is 6.54 Å². The van der Waals surface area contributed by atoms with Crippen molar-refractivity contribution in [3.63, 3.8) is 0 Å². The van der Waals surface area contributed by atoms with Crippen LogP contribution < -0.4 is 10.7 Å². The van der Waals surface area contributed by atoms with E-state index in [9.17, 15) is 4.79 Å². The van der Waals surface area contributed by atoms with Crippen LogP contribution in [0.3, 0.4) is 0 Å². The molecule has 1 N–H and O–H groups in total. The maximum absolute atomic E-state index is 10.9. The standard InChI is InChI=1S/C11H12BrN3O2/c1-2-15(10-7-17-11(16)14-10)6-8-3-4-9(12)13-5-8/h3-5,7H,2,6H2,1H3,(H,14,16). The van der Waals surface area contributed by atoms with Crippen LogP contribution in [0.1, 0.15) is 12.5 Å². The lowest BCUT2D eigenvalue weighted by Crippen LogP contribution is -2.23. The van der Waals surface area contributed by atoms with Gasteiger partial charge in [-0.1, -0.05) is 6.07 Å². The lowest BCUT2D eigenvalue weighted by molar-refractivity contribution is 0.515. The number of pyridine rings is 1. The SMILES string of the molecule is CCN(Cc1ccc(Br)nc1)c1coc(=O)[nH]1. The Labute approximate surface area is 107 Å². The maximum Gasteiger partial charge on any atom is 0.417 e. The highest BCUT2D eigenvalue weighted by Crippen LogP contribution is 2.13. The van der Waals surface area contributed by atoms with Crippen molar-refractivity contribution in [1.29, 1.82) is 0 Å². The number of hydrogen-bond acceptors (Lipinski definition) is 4. The number of nitrogens with one attached hydrogen (secondary N) is 1. The molecule has 2 aromatic rings. The van der Waals surface area contributed by atoms with Gasteiger partial charge in [0, 0.05) is 19.3 Å². The van der Waals surface area contributed by atoms with E-state index in [0.29, 0.717) is 12.4 Å².